The fraction of sp³-hybridized carbons (Fsp3) is 0.450. The Labute approximate surface area is 163 Å². The van der Waals surface area contributed by atoms with E-state index in [9.17, 15) is 9.50 Å². The molecule has 4 heterocycles. The number of rotatable bonds is 3. The molecule has 8 heteroatoms. The quantitative estimate of drug-likeness (QED) is 0.643. The molecule has 28 heavy (non-hydrogen) atoms. The molecule has 2 aliphatic rings. The van der Waals surface area contributed by atoms with Crippen LogP contribution in [0.3, 0.4) is 0 Å². The van der Waals surface area contributed by atoms with Gasteiger partial charge >= 0.3 is 0 Å². The fourth-order valence-electron chi connectivity index (χ4n) is 4.47. The third-order valence-corrected chi connectivity index (χ3v) is 6.02. The smallest absolute Gasteiger partial charge is 0.181 e. The van der Waals surface area contributed by atoms with Gasteiger partial charge in [-0.05, 0) is 37.1 Å². The minimum absolute atomic E-state index is 0. The third-order valence-electron chi connectivity index (χ3n) is 6.02. The van der Waals surface area contributed by atoms with Gasteiger partial charge in [0.15, 0.2) is 11.5 Å². The summed E-state index contributed by atoms with van der Waals surface area (Å²) >= 11 is 0. The van der Waals surface area contributed by atoms with E-state index in [0.717, 1.165) is 44.2 Å². The lowest BCUT2D eigenvalue weighted by Crippen LogP contribution is -2.60. The normalized spacial score (nSPS) is 22.1. The summed E-state index contributed by atoms with van der Waals surface area (Å²) in [5, 5.41) is 22.2. The molecule has 1 atom stereocenters. The van der Waals surface area contributed by atoms with E-state index < -0.39 is 11.4 Å². The Bertz CT molecular complexity index is 1010. The number of piperazine rings is 1. The zero-order chi connectivity index (χ0) is 19.1. The molecule has 0 bridgehead atoms. The molecule has 3 aromatic heterocycles. The Morgan fingerprint density at radius 3 is 2.96 bits per heavy atom. The number of H-pyrrole nitrogens is 1. The van der Waals surface area contributed by atoms with Gasteiger partial charge in [0.1, 0.15) is 11.5 Å². The Morgan fingerprint density at radius 2 is 2.11 bits per heavy atom. The molecule has 148 valence electrons. The van der Waals surface area contributed by atoms with E-state index in [1.807, 2.05) is 6.07 Å². The van der Waals surface area contributed by atoms with Crippen molar-refractivity contribution in [2.45, 2.75) is 37.3 Å². The van der Waals surface area contributed by atoms with Gasteiger partial charge in [0.2, 0.25) is 0 Å². The first kappa shape index (κ1) is 17.5. The molecule has 1 saturated heterocycles. The lowest BCUT2D eigenvalue weighted by molar-refractivity contribution is 0.00694. The number of anilines is 1. The lowest BCUT2D eigenvalue weighted by atomic mass is 9.90. The number of nitrogens with zero attached hydrogens (tertiary/aromatic N) is 4. The maximum atomic E-state index is 14.6. The van der Waals surface area contributed by atoms with Crippen molar-refractivity contribution >= 4 is 16.9 Å². The predicted molar refractivity (Wildman–Crippen MR) is 107 cm³/mol. The van der Waals surface area contributed by atoms with Gasteiger partial charge in [-0.25, -0.2) is 14.4 Å². The zero-order valence-electron chi connectivity index (χ0n) is 15.5. The van der Waals surface area contributed by atoms with Gasteiger partial charge in [0, 0.05) is 32.6 Å². The number of aromatic amines is 1. The maximum Gasteiger partial charge on any atom is 0.181 e. The molecule has 2 fully saturated rings. The number of fused-ring (bicyclic) bond motifs is 1. The summed E-state index contributed by atoms with van der Waals surface area (Å²) in [6, 6.07) is 6.80. The van der Waals surface area contributed by atoms with Gasteiger partial charge in [0.05, 0.1) is 17.3 Å². The van der Waals surface area contributed by atoms with Gasteiger partial charge in [-0.1, -0.05) is 12.8 Å². The zero-order valence-corrected chi connectivity index (χ0v) is 15.5. The Kier molecular flexibility index (Phi) is 4.25. The van der Waals surface area contributed by atoms with Crippen LogP contribution in [-0.2, 0) is 0 Å². The highest BCUT2D eigenvalue weighted by Gasteiger charge is 2.41. The number of pyridine rings is 2. The van der Waals surface area contributed by atoms with Crippen molar-refractivity contribution in [1.29, 1.82) is 0 Å². The number of nitrogens with one attached hydrogen (secondary N) is 2. The fourth-order valence-corrected chi connectivity index (χ4v) is 4.47. The van der Waals surface area contributed by atoms with Crippen LogP contribution in [0.5, 0.6) is 0 Å². The second-order valence-corrected chi connectivity index (χ2v) is 7.74. The maximum absolute atomic E-state index is 14.6. The topological polar surface area (TPSA) is 90.0 Å². The molecule has 7 nitrogen and oxygen atoms in total. The Balaban J connectivity index is 0.00000205. The van der Waals surface area contributed by atoms with E-state index in [-0.39, 0.29) is 13.2 Å². The summed E-state index contributed by atoms with van der Waals surface area (Å²) in [7, 11) is 0. The SMILES string of the molecule is OC1(C2CN(c3ccc(F)c(-c4[nH]nc5ncccc45)n3)CCN2)CCCC1.[HH]. The van der Waals surface area contributed by atoms with E-state index in [4.69, 9.17) is 0 Å². The second-order valence-electron chi connectivity index (χ2n) is 7.74. The average molecular weight is 384 g/mol. The first-order valence-corrected chi connectivity index (χ1v) is 9.81. The first-order valence-electron chi connectivity index (χ1n) is 9.81. The summed E-state index contributed by atoms with van der Waals surface area (Å²) in [6.07, 6.45) is 5.44. The van der Waals surface area contributed by atoms with Crippen LogP contribution >= 0.6 is 0 Å². The third kappa shape index (κ3) is 2.93. The molecular weight excluding hydrogens is 359 g/mol. The van der Waals surface area contributed by atoms with E-state index in [1.54, 1.807) is 18.3 Å². The van der Waals surface area contributed by atoms with E-state index in [1.165, 1.54) is 6.07 Å². The standard InChI is InChI=1S/C20H23FN6O.H2/c21-14-5-6-16(24-18(14)17-13-4-3-9-23-19(13)26-25-17)27-11-10-22-15(12-27)20(28)7-1-2-8-20;/h3-6,9,15,22,28H,1-2,7-8,10-12H2,(H,23,25,26);1H. The van der Waals surface area contributed by atoms with E-state index in [0.29, 0.717) is 23.7 Å². The van der Waals surface area contributed by atoms with Crippen LogP contribution in [0.2, 0.25) is 0 Å². The summed E-state index contributed by atoms with van der Waals surface area (Å²) in [4.78, 5) is 10.9. The number of halogens is 1. The summed E-state index contributed by atoms with van der Waals surface area (Å²) in [5.74, 6) is 0.301. The molecule has 3 aromatic rings. The van der Waals surface area contributed by atoms with E-state index >= 15 is 0 Å². The largest absolute Gasteiger partial charge is 0.388 e. The number of hydrogen-bond donors (Lipinski definition) is 3. The predicted octanol–water partition coefficient (Wildman–Crippen LogP) is 2.49. The monoisotopic (exact) mass is 384 g/mol. The van der Waals surface area contributed by atoms with Crippen LogP contribution in [0.1, 0.15) is 27.1 Å². The molecule has 0 radical (unpaired) electrons. The minimum Gasteiger partial charge on any atom is -0.388 e. The van der Waals surface area contributed by atoms with Crippen molar-refractivity contribution in [3.63, 3.8) is 0 Å². The van der Waals surface area contributed by atoms with Gasteiger partial charge < -0.3 is 15.3 Å². The van der Waals surface area contributed by atoms with Crippen molar-refractivity contribution in [3.05, 3.63) is 36.3 Å². The van der Waals surface area contributed by atoms with Crippen LogP contribution in [-0.4, -0.2) is 56.5 Å². The molecule has 1 saturated carbocycles. The molecule has 1 unspecified atom stereocenters. The molecule has 1 aliphatic heterocycles. The molecule has 1 aliphatic carbocycles. The van der Waals surface area contributed by atoms with Crippen molar-refractivity contribution in [2.75, 3.05) is 24.5 Å². The van der Waals surface area contributed by atoms with Crippen LogP contribution < -0.4 is 10.2 Å². The highest BCUT2D eigenvalue weighted by molar-refractivity contribution is 5.89. The summed E-state index contributed by atoms with van der Waals surface area (Å²) in [5.41, 5.74) is 0.647. The molecule has 0 aromatic carbocycles. The molecule has 0 spiro atoms. The van der Waals surface area contributed by atoms with Crippen molar-refractivity contribution in [3.8, 4) is 11.4 Å². The lowest BCUT2D eigenvalue weighted by Gasteiger charge is -2.41. The highest BCUT2D eigenvalue weighted by atomic mass is 19.1. The number of aromatic nitrogens is 4. The van der Waals surface area contributed by atoms with Crippen LogP contribution in [0.15, 0.2) is 30.5 Å². The second kappa shape index (κ2) is 6.79. The van der Waals surface area contributed by atoms with E-state index in [2.05, 4.69) is 30.4 Å². The molecular formula is C20H25FN6O. The van der Waals surface area contributed by atoms with Gasteiger partial charge in [0.25, 0.3) is 0 Å². The van der Waals surface area contributed by atoms with Gasteiger partial charge in [-0.3, -0.25) is 5.10 Å². The summed E-state index contributed by atoms with van der Waals surface area (Å²) in [6.45, 7) is 2.17. The van der Waals surface area contributed by atoms with Crippen molar-refractivity contribution in [2.24, 2.45) is 0 Å². The van der Waals surface area contributed by atoms with Gasteiger partial charge in [-0.2, -0.15) is 5.10 Å². The highest BCUT2D eigenvalue weighted by Crippen LogP contribution is 2.34. The molecule has 3 N–H and O–H groups in total. The molecule has 0 amide bonds. The summed E-state index contributed by atoms with van der Waals surface area (Å²) < 4.78 is 14.6. The number of hydrogen-bond acceptors (Lipinski definition) is 6. The van der Waals surface area contributed by atoms with Crippen LogP contribution in [0.4, 0.5) is 10.2 Å². The van der Waals surface area contributed by atoms with Crippen LogP contribution in [0, 0.1) is 5.82 Å². The first-order chi connectivity index (χ1) is 13.6. The Hall–Kier alpha value is -2.58. The van der Waals surface area contributed by atoms with Crippen molar-refractivity contribution < 1.29 is 10.9 Å². The molecule has 5 rings (SSSR count). The van der Waals surface area contributed by atoms with Crippen LogP contribution in [0.25, 0.3) is 22.4 Å². The Morgan fingerprint density at radius 1 is 1.25 bits per heavy atom. The van der Waals surface area contributed by atoms with Crippen molar-refractivity contribution in [1.82, 2.24) is 25.5 Å². The average Bonchev–Trinajstić information content (AvgIpc) is 3.36. The van der Waals surface area contributed by atoms with Gasteiger partial charge in [-0.15, -0.1) is 0 Å². The number of aliphatic hydroxyl groups is 1. The minimum atomic E-state index is -0.660.